The number of ether oxygens (including phenoxy) is 1. The summed E-state index contributed by atoms with van der Waals surface area (Å²) in [5.41, 5.74) is 7.17. The maximum atomic E-state index is 14.2. The first-order chi connectivity index (χ1) is 9.97. The molecular formula is C17H21FN2O. The summed E-state index contributed by atoms with van der Waals surface area (Å²) in [5, 5.41) is 0. The van der Waals surface area contributed by atoms with Gasteiger partial charge in [0.05, 0.1) is 13.2 Å². The van der Waals surface area contributed by atoms with Crippen molar-refractivity contribution in [2.45, 2.75) is 26.8 Å². The lowest BCUT2D eigenvalue weighted by Gasteiger charge is -2.23. The fourth-order valence-electron chi connectivity index (χ4n) is 2.69. The van der Waals surface area contributed by atoms with E-state index < -0.39 is 6.04 Å². The maximum absolute atomic E-state index is 14.2. The third-order valence-corrected chi connectivity index (χ3v) is 3.63. The molecule has 1 atom stereocenters. The second-order valence-electron chi connectivity index (χ2n) is 5.32. The summed E-state index contributed by atoms with van der Waals surface area (Å²) >= 11 is 0. The molecule has 4 heteroatoms. The van der Waals surface area contributed by atoms with Crippen LogP contribution in [0.25, 0.3) is 0 Å². The van der Waals surface area contributed by atoms with Crippen LogP contribution in [0.5, 0.6) is 5.75 Å². The molecule has 0 radical (unpaired) electrons. The Morgan fingerprint density at radius 2 is 1.81 bits per heavy atom. The van der Waals surface area contributed by atoms with Crippen molar-refractivity contribution in [1.82, 2.24) is 5.43 Å². The number of methoxy groups -OCH3 is 1. The zero-order chi connectivity index (χ0) is 15.6. The van der Waals surface area contributed by atoms with Gasteiger partial charge in [0.25, 0.3) is 0 Å². The molecule has 0 saturated heterocycles. The largest absolute Gasteiger partial charge is 0.496 e. The van der Waals surface area contributed by atoms with Gasteiger partial charge in [0.2, 0.25) is 0 Å². The molecule has 3 N–H and O–H groups in total. The van der Waals surface area contributed by atoms with Crippen LogP contribution in [0.15, 0.2) is 30.3 Å². The molecule has 0 amide bonds. The van der Waals surface area contributed by atoms with Gasteiger partial charge in [-0.05, 0) is 44.0 Å². The lowest BCUT2D eigenvalue weighted by atomic mass is 9.92. The molecule has 0 aromatic heterocycles. The molecule has 2 aromatic rings. The van der Waals surface area contributed by atoms with Crippen LogP contribution in [0.4, 0.5) is 4.39 Å². The first kappa shape index (κ1) is 15.5. The topological polar surface area (TPSA) is 47.3 Å². The second kappa shape index (κ2) is 6.24. The van der Waals surface area contributed by atoms with Gasteiger partial charge in [-0.3, -0.25) is 5.84 Å². The van der Waals surface area contributed by atoms with Crippen molar-refractivity contribution in [1.29, 1.82) is 0 Å². The number of hydrogen-bond donors (Lipinski definition) is 2. The van der Waals surface area contributed by atoms with E-state index in [9.17, 15) is 4.39 Å². The van der Waals surface area contributed by atoms with Gasteiger partial charge in [-0.1, -0.05) is 23.8 Å². The number of halogens is 1. The minimum absolute atomic E-state index is 0.287. The van der Waals surface area contributed by atoms with Gasteiger partial charge in [-0.2, -0.15) is 0 Å². The van der Waals surface area contributed by atoms with Gasteiger partial charge >= 0.3 is 0 Å². The van der Waals surface area contributed by atoms with E-state index in [0.29, 0.717) is 11.3 Å². The van der Waals surface area contributed by atoms with E-state index in [2.05, 4.69) is 5.43 Å². The van der Waals surface area contributed by atoms with Crippen LogP contribution in [0, 0.1) is 26.6 Å². The summed E-state index contributed by atoms with van der Waals surface area (Å²) in [6.45, 7) is 5.90. The van der Waals surface area contributed by atoms with Gasteiger partial charge in [-0.25, -0.2) is 9.82 Å². The Morgan fingerprint density at radius 1 is 1.10 bits per heavy atom. The van der Waals surface area contributed by atoms with E-state index >= 15 is 0 Å². The number of hydrogen-bond acceptors (Lipinski definition) is 3. The quantitative estimate of drug-likeness (QED) is 0.670. The minimum atomic E-state index is -0.458. The Labute approximate surface area is 124 Å². The normalized spacial score (nSPS) is 12.3. The molecule has 112 valence electrons. The van der Waals surface area contributed by atoms with Crippen molar-refractivity contribution < 1.29 is 9.13 Å². The second-order valence-corrected chi connectivity index (χ2v) is 5.32. The number of rotatable bonds is 4. The highest BCUT2D eigenvalue weighted by Gasteiger charge is 2.22. The van der Waals surface area contributed by atoms with E-state index in [-0.39, 0.29) is 5.82 Å². The van der Waals surface area contributed by atoms with Crippen LogP contribution in [0.2, 0.25) is 0 Å². The molecule has 2 aromatic carbocycles. The van der Waals surface area contributed by atoms with Crippen molar-refractivity contribution in [3.05, 3.63) is 64.0 Å². The molecule has 2 rings (SSSR count). The summed E-state index contributed by atoms with van der Waals surface area (Å²) < 4.78 is 19.7. The van der Waals surface area contributed by atoms with Crippen molar-refractivity contribution in [3.8, 4) is 5.75 Å². The Kier molecular flexibility index (Phi) is 4.60. The van der Waals surface area contributed by atoms with Crippen molar-refractivity contribution in [3.63, 3.8) is 0 Å². The molecule has 0 fully saturated rings. The minimum Gasteiger partial charge on any atom is -0.496 e. The third kappa shape index (κ3) is 3.06. The van der Waals surface area contributed by atoms with E-state index in [1.54, 1.807) is 19.2 Å². The number of nitrogens with one attached hydrogen (secondary N) is 1. The first-order valence-electron chi connectivity index (χ1n) is 6.85. The van der Waals surface area contributed by atoms with Crippen LogP contribution in [0.1, 0.15) is 33.9 Å². The fourth-order valence-corrected chi connectivity index (χ4v) is 2.69. The summed E-state index contributed by atoms with van der Waals surface area (Å²) in [5.74, 6) is 6.13. The highest BCUT2D eigenvalue weighted by atomic mass is 19.1. The van der Waals surface area contributed by atoms with Crippen molar-refractivity contribution >= 4 is 0 Å². The summed E-state index contributed by atoms with van der Waals surface area (Å²) in [7, 11) is 1.61. The summed E-state index contributed by atoms with van der Waals surface area (Å²) in [6, 6.07) is 8.52. The van der Waals surface area contributed by atoms with Crippen molar-refractivity contribution in [2.75, 3.05) is 7.11 Å². The zero-order valence-electron chi connectivity index (χ0n) is 12.8. The lowest BCUT2D eigenvalue weighted by molar-refractivity contribution is 0.402. The Bertz CT molecular complexity index is 655. The standard InChI is InChI=1S/C17H21FN2O/c1-10-5-6-14(18)13(8-10)17(20-19)16-12(3)7-11(2)9-15(16)21-4/h5-9,17,20H,19H2,1-4H3. The molecule has 3 nitrogen and oxygen atoms in total. The summed E-state index contributed by atoms with van der Waals surface area (Å²) in [4.78, 5) is 0. The van der Waals surface area contributed by atoms with E-state index in [4.69, 9.17) is 10.6 Å². The average molecular weight is 288 g/mol. The molecule has 0 heterocycles. The van der Waals surface area contributed by atoms with Crippen LogP contribution >= 0.6 is 0 Å². The molecule has 0 aliphatic heterocycles. The number of nitrogens with two attached hydrogens (primary N) is 1. The third-order valence-electron chi connectivity index (χ3n) is 3.63. The molecular weight excluding hydrogens is 267 g/mol. The van der Waals surface area contributed by atoms with Crippen LogP contribution < -0.4 is 16.0 Å². The Balaban J connectivity index is 2.64. The Morgan fingerprint density at radius 3 is 2.43 bits per heavy atom. The number of hydrazine groups is 1. The average Bonchev–Trinajstić information content (AvgIpc) is 2.44. The molecule has 1 unspecified atom stereocenters. The fraction of sp³-hybridized carbons (Fsp3) is 0.294. The molecule has 0 aliphatic carbocycles. The van der Waals surface area contributed by atoms with Crippen molar-refractivity contribution in [2.24, 2.45) is 5.84 Å². The predicted octanol–water partition coefficient (Wildman–Crippen LogP) is 3.31. The van der Waals surface area contributed by atoms with Crippen LogP contribution in [-0.4, -0.2) is 7.11 Å². The highest BCUT2D eigenvalue weighted by molar-refractivity contribution is 5.49. The van der Waals surface area contributed by atoms with E-state index in [1.807, 2.05) is 32.9 Å². The lowest BCUT2D eigenvalue weighted by Crippen LogP contribution is -2.30. The predicted molar refractivity (Wildman–Crippen MR) is 82.8 cm³/mol. The first-order valence-corrected chi connectivity index (χ1v) is 6.85. The molecule has 0 spiro atoms. The number of benzene rings is 2. The van der Waals surface area contributed by atoms with Crippen LogP contribution in [-0.2, 0) is 0 Å². The van der Waals surface area contributed by atoms with Gasteiger partial charge in [0.1, 0.15) is 11.6 Å². The van der Waals surface area contributed by atoms with Gasteiger partial charge in [0, 0.05) is 11.1 Å². The summed E-state index contributed by atoms with van der Waals surface area (Å²) in [6.07, 6.45) is 0. The smallest absolute Gasteiger partial charge is 0.128 e. The van der Waals surface area contributed by atoms with Gasteiger partial charge in [-0.15, -0.1) is 0 Å². The Hall–Kier alpha value is -1.91. The van der Waals surface area contributed by atoms with E-state index in [0.717, 1.165) is 22.3 Å². The molecule has 21 heavy (non-hydrogen) atoms. The maximum Gasteiger partial charge on any atom is 0.128 e. The zero-order valence-corrected chi connectivity index (χ0v) is 12.8. The molecule has 0 aliphatic rings. The van der Waals surface area contributed by atoms with Gasteiger partial charge in [0.15, 0.2) is 0 Å². The van der Waals surface area contributed by atoms with Gasteiger partial charge < -0.3 is 4.74 Å². The van der Waals surface area contributed by atoms with E-state index in [1.165, 1.54) is 6.07 Å². The number of aryl methyl sites for hydroxylation is 3. The monoisotopic (exact) mass is 288 g/mol. The molecule has 0 bridgehead atoms. The molecule has 0 saturated carbocycles. The SMILES string of the molecule is COc1cc(C)cc(C)c1C(NN)c1cc(C)ccc1F. The van der Waals surface area contributed by atoms with Crippen LogP contribution in [0.3, 0.4) is 0 Å². The highest BCUT2D eigenvalue weighted by Crippen LogP contribution is 2.34.